The first-order valence-corrected chi connectivity index (χ1v) is 13.3. The standard InChI is InChI=1S/C28H46O5/c1-16(2)8-7-9-17(3)20-10-11-21-24-18(4)14-23(29)28(6,15-19(25(30)31)26(32)33)22(24)12-13-27(20,21)5/h16-22,24H,7-15H2,1-6H3,(H,30,31)(H,32,33)/t17?,18-,20?,21?,22?,24?,27+,28+/m0/s1. The molecule has 33 heavy (non-hydrogen) atoms. The number of fused-ring (bicyclic) bond motifs is 3. The van der Waals surface area contributed by atoms with Crippen molar-refractivity contribution in [3.63, 3.8) is 0 Å². The van der Waals surface area contributed by atoms with Gasteiger partial charge in [0.25, 0.3) is 0 Å². The van der Waals surface area contributed by atoms with E-state index in [1.807, 2.05) is 6.92 Å². The zero-order valence-corrected chi connectivity index (χ0v) is 21.6. The molecule has 0 aromatic carbocycles. The summed E-state index contributed by atoms with van der Waals surface area (Å²) in [5, 5.41) is 19.0. The Morgan fingerprint density at radius 1 is 1.00 bits per heavy atom. The van der Waals surface area contributed by atoms with E-state index in [-0.39, 0.29) is 29.5 Å². The molecule has 3 aliphatic rings. The second-order valence-corrected chi connectivity index (χ2v) is 12.8. The first-order chi connectivity index (χ1) is 15.3. The van der Waals surface area contributed by atoms with Crippen molar-refractivity contribution in [1.82, 2.24) is 0 Å². The van der Waals surface area contributed by atoms with E-state index in [1.54, 1.807) is 0 Å². The molecule has 2 N–H and O–H groups in total. The zero-order valence-electron chi connectivity index (χ0n) is 21.6. The molecular formula is C28H46O5. The summed E-state index contributed by atoms with van der Waals surface area (Å²) in [6.45, 7) is 13.6. The summed E-state index contributed by atoms with van der Waals surface area (Å²) in [7, 11) is 0. The van der Waals surface area contributed by atoms with Crippen LogP contribution in [0, 0.1) is 58.2 Å². The monoisotopic (exact) mass is 462 g/mol. The van der Waals surface area contributed by atoms with E-state index in [0.29, 0.717) is 30.1 Å². The molecule has 0 bridgehead atoms. The van der Waals surface area contributed by atoms with E-state index in [0.717, 1.165) is 18.8 Å². The summed E-state index contributed by atoms with van der Waals surface area (Å²) in [5.41, 5.74) is -0.589. The van der Waals surface area contributed by atoms with Crippen LogP contribution in [0.25, 0.3) is 0 Å². The topological polar surface area (TPSA) is 91.7 Å². The molecule has 0 amide bonds. The van der Waals surface area contributed by atoms with Gasteiger partial charge in [-0.3, -0.25) is 14.4 Å². The highest BCUT2D eigenvalue weighted by atomic mass is 16.4. The molecule has 8 atom stereocenters. The Hall–Kier alpha value is -1.39. The van der Waals surface area contributed by atoms with Gasteiger partial charge in [-0.2, -0.15) is 0 Å². The van der Waals surface area contributed by atoms with Crippen molar-refractivity contribution in [3.05, 3.63) is 0 Å². The first kappa shape index (κ1) is 26.2. The lowest BCUT2D eigenvalue weighted by Crippen LogP contribution is -2.56. The van der Waals surface area contributed by atoms with Gasteiger partial charge in [0.05, 0.1) is 0 Å². The molecule has 0 aliphatic heterocycles. The molecule has 3 aliphatic carbocycles. The Bertz CT molecular complexity index is 745. The highest BCUT2D eigenvalue weighted by Gasteiger charge is 2.62. The normalized spacial score (nSPS) is 39.4. The first-order valence-electron chi connectivity index (χ1n) is 13.3. The number of rotatable bonds is 9. The maximum Gasteiger partial charge on any atom is 0.317 e. The summed E-state index contributed by atoms with van der Waals surface area (Å²) in [5.74, 6) is -0.658. The fourth-order valence-electron chi connectivity index (χ4n) is 8.59. The SMILES string of the molecule is CC(C)CCCC(C)C1CCC2C3C(CC[C@]12C)[C@@](C)(CC(C(=O)O)C(=O)O)C(=O)C[C@@H]3C. The third kappa shape index (κ3) is 4.75. The smallest absolute Gasteiger partial charge is 0.317 e. The molecule has 0 heterocycles. The summed E-state index contributed by atoms with van der Waals surface area (Å²) >= 11 is 0. The highest BCUT2D eigenvalue weighted by molar-refractivity contribution is 5.94. The van der Waals surface area contributed by atoms with Crippen LogP contribution in [0.15, 0.2) is 0 Å². The molecule has 3 fully saturated rings. The number of aliphatic carboxylic acids is 2. The molecule has 0 saturated heterocycles. The lowest BCUT2D eigenvalue weighted by Gasteiger charge is -2.58. The average molecular weight is 463 g/mol. The Morgan fingerprint density at radius 2 is 1.64 bits per heavy atom. The van der Waals surface area contributed by atoms with Crippen LogP contribution in [-0.2, 0) is 14.4 Å². The lowest BCUT2D eigenvalue weighted by molar-refractivity contribution is -0.164. The molecule has 188 valence electrons. The predicted octanol–water partition coefficient (Wildman–Crippen LogP) is 6.30. The maximum absolute atomic E-state index is 13.3. The van der Waals surface area contributed by atoms with Gasteiger partial charge in [0, 0.05) is 11.8 Å². The van der Waals surface area contributed by atoms with Gasteiger partial charge in [-0.15, -0.1) is 0 Å². The van der Waals surface area contributed by atoms with E-state index in [1.165, 1.54) is 32.1 Å². The van der Waals surface area contributed by atoms with Crippen LogP contribution in [0.3, 0.4) is 0 Å². The van der Waals surface area contributed by atoms with Gasteiger partial charge < -0.3 is 10.2 Å². The zero-order chi connectivity index (χ0) is 24.7. The molecule has 3 rings (SSSR count). The quantitative estimate of drug-likeness (QED) is 0.392. The Kier molecular flexibility index (Phi) is 7.70. The highest BCUT2D eigenvalue weighted by Crippen LogP contribution is 2.67. The molecule has 0 radical (unpaired) electrons. The Labute approximate surface area is 200 Å². The number of carboxylic acid groups (broad SMARTS) is 2. The molecule has 0 spiro atoms. The molecule has 5 unspecified atom stereocenters. The third-order valence-corrected chi connectivity index (χ3v) is 10.4. The van der Waals surface area contributed by atoms with Crippen molar-refractivity contribution in [3.8, 4) is 0 Å². The van der Waals surface area contributed by atoms with Gasteiger partial charge >= 0.3 is 11.9 Å². The molecule has 5 nitrogen and oxygen atoms in total. The minimum absolute atomic E-state index is 0.0731. The number of hydrogen-bond donors (Lipinski definition) is 2. The lowest BCUT2D eigenvalue weighted by atomic mass is 9.45. The van der Waals surface area contributed by atoms with Crippen LogP contribution in [0.5, 0.6) is 0 Å². The van der Waals surface area contributed by atoms with Gasteiger partial charge in [-0.05, 0) is 78.9 Å². The second kappa shape index (κ2) is 9.70. The molecule has 0 aromatic rings. The molecule has 0 aromatic heterocycles. The van der Waals surface area contributed by atoms with Crippen molar-refractivity contribution >= 4 is 17.7 Å². The number of carbonyl (C=O) groups excluding carboxylic acids is 1. The summed E-state index contributed by atoms with van der Waals surface area (Å²) in [4.78, 5) is 36.6. The fraction of sp³-hybridized carbons (Fsp3) is 0.893. The van der Waals surface area contributed by atoms with Crippen molar-refractivity contribution in [2.24, 2.45) is 58.2 Å². The summed E-state index contributed by atoms with van der Waals surface area (Å²) < 4.78 is 0. The van der Waals surface area contributed by atoms with Crippen LogP contribution >= 0.6 is 0 Å². The van der Waals surface area contributed by atoms with E-state index in [4.69, 9.17) is 0 Å². The third-order valence-electron chi connectivity index (χ3n) is 10.4. The van der Waals surface area contributed by atoms with E-state index in [9.17, 15) is 24.6 Å². The van der Waals surface area contributed by atoms with E-state index in [2.05, 4.69) is 34.6 Å². The van der Waals surface area contributed by atoms with Crippen LogP contribution in [0.1, 0.15) is 99.3 Å². The van der Waals surface area contributed by atoms with Gasteiger partial charge in [-0.25, -0.2) is 0 Å². The average Bonchev–Trinajstić information content (AvgIpc) is 3.06. The second-order valence-electron chi connectivity index (χ2n) is 12.8. The van der Waals surface area contributed by atoms with Gasteiger partial charge in [-0.1, -0.05) is 60.8 Å². The van der Waals surface area contributed by atoms with E-state index < -0.39 is 23.3 Å². The van der Waals surface area contributed by atoms with Crippen LogP contribution in [0.4, 0.5) is 0 Å². The molecular weight excluding hydrogens is 416 g/mol. The van der Waals surface area contributed by atoms with Crippen LogP contribution in [-0.4, -0.2) is 27.9 Å². The molecule has 3 saturated carbocycles. The predicted molar refractivity (Wildman–Crippen MR) is 129 cm³/mol. The fourth-order valence-corrected chi connectivity index (χ4v) is 8.59. The van der Waals surface area contributed by atoms with Crippen molar-refractivity contribution in [2.45, 2.75) is 99.3 Å². The van der Waals surface area contributed by atoms with Crippen molar-refractivity contribution in [2.75, 3.05) is 0 Å². The van der Waals surface area contributed by atoms with E-state index >= 15 is 0 Å². The van der Waals surface area contributed by atoms with Crippen molar-refractivity contribution in [1.29, 1.82) is 0 Å². The van der Waals surface area contributed by atoms with Crippen LogP contribution in [0.2, 0.25) is 0 Å². The van der Waals surface area contributed by atoms with Gasteiger partial charge in [0.1, 0.15) is 5.78 Å². The largest absolute Gasteiger partial charge is 0.481 e. The number of Topliss-reactive ketones (excluding diaryl/α,β-unsaturated/α-hetero) is 1. The van der Waals surface area contributed by atoms with Crippen molar-refractivity contribution < 1.29 is 24.6 Å². The van der Waals surface area contributed by atoms with Gasteiger partial charge in [0.2, 0.25) is 0 Å². The van der Waals surface area contributed by atoms with Gasteiger partial charge in [0.15, 0.2) is 5.92 Å². The number of carboxylic acids is 2. The summed E-state index contributed by atoms with van der Waals surface area (Å²) in [6, 6.07) is 0. The minimum atomic E-state index is -1.52. The minimum Gasteiger partial charge on any atom is -0.481 e. The summed E-state index contributed by atoms with van der Waals surface area (Å²) in [6.07, 6.45) is 8.64. The molecule has 5 heteroatoms. The maximum atomic E-state index is 13.3. The Balaban J connectivity index is 1.84. The Morgan fingerprint density at radius 3 is 2.21 bits per heavy atom. The number of hydrogen-bond acceptors (Lipinski definition) is 3. The number of carbonyl (C=O) groups is 3. The number of ketones is 1. The van der Waals surface area contributed by atoms with Crippen LogP contribution < -0.4 is 0 Å².